The Labute approximate surface area is 160 Å². The lowest BCUT2D eigenvalue weighted by Crippen LogP contribution is -2.22. The van der Waals surface area contributed by atoms with Crippen molar-refractivity contribution < 1.29 is 8.42 Å². The minimum absolute atomic E-state index is 0.0746. The summed E-state index contributed by atoms with van der Waals surface area (Å²) in [5.74, 6) is 0.283. The Morgan fingerprint density at radius 3 is 2.43 bits per heavy atom. The van der Waals surface area contributed by atoms with E-state index in [4.69, 9.17) is 5.73 Å². The highest BCUT2D eigenvalue weighted by Crippen LogP contribution is 2.28. The van der Waals surface area contributed by atoms with E-state index in [-0.39, 0.29) is 27.6 Å². The first kappa shape index (κ1) is 17.9. The van der Waals surface area contributed by atoms with Gasteiger partial charge in [0.15, 0.2) is 21.3 Å². The second-order valence-electron chi connectivity index (χ2n) is 6.52. The molecule has 9 heteroatoms. The number of benzene rings is 2. The van der Waals surface area contributed by atoms with Crippen molar-refractivity contribution in [2.45, 2.75) is 11.8 Å². The number of aromatic nitrogens is 4. The van der Waals surface area contributed by atoms with Gasteiger partial charge in [-0.1, -0.05) is 29.8 Å². The van der Waals surface area contributed by atoms with Gasteiger partial charge in [-0.2, -0.15) is 5.10 Å². The van der Waals surface area contributed by atoms with E-state index in [1.165, 1.54) is 10.6 Å². The lowest BCUT2D eigenvalue weighted by molar-refractivity contribution is 0.602. The minimum Gasteiger partial charge on any atom is -0.383 e. The fraction of sp³-hybridized carbons (Fsp3) is 0.105. The second-order valence-corrected chi connectivity index (χ2v) is 8.50. The molecular formula is C19H17N5O3S. The second kappa shape index (κ2) is 6.31. The topological polar surface area (TPSA) is 124 Å². The molecule has 8 nitrogen and oxygen atoms in total. The fourth-order valence-electron chi connectivity index (χ4n) is 3.08. The van der Waals surface area contributed by atoms with Gasteiger partial charge in [0.2, 0.25) is 0 Å². The van der Waals surface area contributed by atoms with E-state index in [1.807, 2.05) is 19.1 Å². The van der Waals surface area contributed by atoms with E-state index in [1.54, 1.807) is 30.3 Å². The van der Waals surface area contributed by atoms with Crippen LogP contribution in [0.15, 0.2) is 58.2 Å². The molecule has 0 aliphatic carbocycles. The number of nitrogen functional groups attached to an aromatic ring is 1. The number of anilines is 1. The van der Waals surface area contributed by atoms with Crippen molar-refractivity contribution in [1.82, 2.24) is 19.7 Å². The molecule has 0 spiro atoms. The van der Waals surface area contributed by atoms with Crippen molar-refractivity contribution >= 4 is 26.7 Å². The zero-order valence-electron chi connectivity index (χ0n) is 15.2. The van der Waals surface area contributed by atoms with Crippen LogP contribution in [0, 0.1) is 6.92 Å². The molecule has 0 aliphatic heterocycles. The molecule has 0 radical (unpaired) electrons. The van der Waals surface area contributed by atoms with Gasteiger partial charge < -0.3 is 5.73 Å². The fourth-order valence-corrected chi connectivity index (χ4v) is 3.97. The predicted octanol–water partition coefficient (Wildman–Crippen LogP) is 2.07. The number of hydrogen-bond donors (Lipinski definition) is 2. The van der Waals surface area contributed by atoms with Gasteiger partial charge in [-0.25, -0.2) is 13.4 Å². The first-order valence-electron chi connectivity index (χ1n) is 8.40. The third kappa shape index (κ3) is 2.85. The molecule has 0 atom stereocenters. The molecule has 0 unspecified atom stereocenters. The van der Waals surface area contributed by atoms with Crippen LogP contribution in [0.25, 0.3) is 28.1 Å². The molecule has 2 aromatic carbocycles. The summed E-state index contributed by atoms with van der Waals surface area (Å²) in [5, 5.41) is 6.70. The van der Waals surface area contributed by atoms with Crippen LogP contribution in [0.5, 0.6) is 0 Å². The van der Waals surface area contributed by atoms with Crippen LogP contribution < -0.4 is 11.3 Å². The molecule has 4 aromatic rings. The summed E-state index contributed by atoms with van der Waals surface area (Å²) in [7, 11) is -3.56. The molecule has 4 rings (SSSR count). The number of nitrogens with zero attached hydrogens (tertiary/aromatic N) is 3. The molecular weight excluding hydrogens is 378 g/mol. The lowest BCUT2D eigenvalue weighted by Gasteiger charge is -2.15. The van der Waals surface area contributed by atoms with E-state index in [2.05, 4.69) is 15.2 Å². The van der Waals surface area contributed by atoms with Crippen LogP contribution in [-0.2, 0) is 9.84 Å². The molecule has 142 valence electrons. The number of fused-ring (bicyclic) bond motifs is 1. The van der Waals surface area contributed by atoms with E-state index in [0.717, 1.165) is 11.8 Å². The van der Waals surface area contributed by atoms with E-state index >= 15 is 0 Å². The van der Waals surface area contributed by atoms with Gasteiger partial charge in [0.1, 0.15) is 11.2 Å². The number of H-pyrrole nitrogens is 1. The van der Waals surface area contributed by atoms with Crippen LogP contribution in [-0.4, -0.2) is 34.4 Å². The van der Waals surface area contributed by atoms with Crippen LogP contribution in [0.2, 0.25) is 0 Å². The Balaban J connectivity index is 2.17. The molecule has 2 aromatic heterocycles. The predicted molar refractivity (Wildman–Crippen MR) is 107 cm³/mol. The Morgan fingerprint density at radius 2 is 1.75 bits per heavy atom. The highest BCUT2D eigenvalue weighted by molar-refractivity contribution is 7.90. The van der Waals surface area contributed by atoms with Crippen LogP contribution >= 0.6 is 0 Å². The molecule has 2 heterocycles. The van der Waals surface area contributed by atoms with Crippen LogP contribution in [0.4, 0.5) is 5.82 Å². The molecule has 0 bridgehead atoms. The van der Waals surface area contributed by atoms with Crippen molar-refractivity contribution in [3.8, 4) is 17.1 Å². The normalized spacial score (nSPS) is 11.8. The zero-order valence-corrected chi connectivity index (χ0v) is 16.0. The largest absolute Gasteiger partial charge is 0.383 e. The average molecular weight is 395 g/mol. The lowest BCUT2D eigenvalue weighted by atomic mass is 10.1. The van der Waals surface area contributed by atoms with Gasteiger partial charge >= 0.3 is 0 Å². The zero-order chi connectivity index (χ0) is 20.1. The summed E-state index contributed by atoms with van der Waals surface area (Å²) in [6, 6.07) is 13.7. The van der Waals surface area contributed by atoms with Crippen molar-refractivity contribution in [3.63, 3.8) is 0 Å². The summed E-state index contributed by atoms with van der Waals surface area (Å²) < 4.78 is 26.0. The Morgan fingerprint density at radius 1 is 1.07 bits per heavy atom. The third-order valence-electron chi connectivity index (χ3n) is 4.44. The Bertz CT molecular complexity index is 1370. The Kier molecular flexibility index (Phi) is 4.04. The van der Waals surface area contributed by atoms with Gasteiger partial charge in [0.25, 0.3) is 5.56 Å². The SMILES string of the molecule is Cc1ccc(-n2c(-c3ccccc3S(C)(=O)=O)nc3n[nH]c(N)c3c2=O)cc1. The smallest absolute Gasteiger partial charge is 0.271 e. The maximum atomic E-state index is 13.3. The van der Waals surface area contributed by atoms with Crippen LogP contribution in [0.1, 0.15) is 5.56 Å². The first-order valence-corrected chi connectivity index (χ1v) is 10.3. The highest BCUT2D eigenvalue weighted by atomic mass is 32.2. The highest BCUT2D eigenvalue weighted by Gasteiger charge is 2.22. The first-order chi connectivity index (χ1) is 13.3. The number of hydrogen-bond acceptors (Lipinski definition) is 6. The van der Waals surface area contributed by atoms with Gasteiger partial charge in [-0.05, 0) is 31.2 Å². The third-order valence-corrected chi connectivity index (χ3v) is 5.59. The minimum atomic E-state index is -3.56. The van der Waals surface area contributed by atoms with Crippen molar-refractivity contribution in [2.24, 2.45) is 0 Å². The number of nitrogens with one attached hydrogen (secondary N) is 1. The van der Waals surface area contributed by atoms with Gasteiger partial charge in [0.05, 0.1) is 10.6 Å². The van der Waals surface area contributed by atoms with Crippen molar-refractivity contribution in [2.75, 3.05) is 12.0 Å². The summed E-state index contributed by atoms with van der Waals surface area (Å²) in [6.07, 6.45) is 1.12. The maximum absolute atomic E-state index is 13.3. The van der Waals surface area contributed by atoms with Gasteiger partial charge in [-0.3, -0.25) is 14.5 Å². The molecule has 28 heavy (non-hydrogen) atoms. The van der Waals surface area contributed by atoms with Crippen molar-refractivity contribution in [3.05, 3.63) is 64.4 Å². The summed E-state index contributed by atoms with van der Waals surface area (Å²) in [5.41, 5.74) is 7.44. The average Bonchev–Trinajstić information content (AvgIpc) is 3.03. The number of nitrogens with two attached hydrogens (primary N) is 1. The standard InChI is InChI=1S/C19H17N5O3S/c1-11-7-9-12(10-8-11)24-18(13-5-3-4-6-14(13)28(2,26)27)21-17-15(19(24)25)16(20)22-23-17/h3-10H,1-2H3,(H3,20,22,23). The molecule has 0 fully saturated rings. The molecule has 0 amide bonds. The molecule has 0 saturated carbocycles. The molecule has 0 saturated heterocycles. The van der Waals surface area contributed by atoms with Crippen molar-refractivity contribution in [1.29, 1.82) is 0 Å². The number of sulfone groups is 1. The number of rotatable bonds is 3. The number of aromatic amines is 1. The molecule has 0 aliphatic rings. The summed E-state index contributed by atoms with van der Waals surface area (Å²) >= 11 is 0. The van der Waals surface area contributed by atoms with E-state index < -0.39 is 15.4 Å². The summed E-state index contributed by atoms with van der Waals surface area (Å²) in [4.78, 5) is 17.8. The van der Waals surface area contributed by atoms with Gasteiger partial charge in [0, 0.05) is 11.8 Å². The monoisotopic (exact) mass is 395 g/mol. The molecule has 3 N–H and O–H groups in total. The number of aryl methyl sites for hydroxylation is 1. The van der Waals surface area contributed by atoms with Gasteiger partial charge in [-0.15, -0.1) is 0 Å². The van der Waals surface area contributed by atoms with Crippen LogP contribution in [0.3, 0.4) is 0 Å². The van der Waals surface area contributed by atoms with E-state index in [0.29, 0.717) is 11.3 Å². The Hall–Kier alpha value is -3.46. The quantitative estimate of drug-likeness (QED) is 0.547. The van der Waals surface area contributed by atoms with E-state index in [9.17, 15) is 13.2 Å². The maximum Gasteiger partial charge on any atom is 0.271 e. The summed E-state index contributed by atoms with van der Waals surface area (Å²) in [6.45, 7) is 1.93.